The molecule has 1 aliphatic rings. The van der Waals surface area contributed by atoms with Gasteiger partial charge in [-0.2, -0.15) is 8.90 Å². The highest BCUT2D eigenvalue weighted by atomic mass is 35.5. The number of carboxylic acid groups (broad SMARTS) is 1. The van der Waals surface area contributed by atoms with Gasteiger partial charge in [0.25, 0.3) is 5.01 Å². The Hall–Kier alpha value is -1.76. The topological polar surface area (TPSA) is 85.9 Å². The van der Waals surface area contributed by atoms with E-state index in [2.05, 4.69) is 33.0 Å². The van der Waals surface area contributed by atoms with Crippen molar-refractivity contribution in [2.75, 3.05) is 17.2 Å². The summed E-state index contributed by atoms with van der Waals surface area (Å²) in [6.07, 6.45) is 5.85. The highest BCUT2D eigenvalue weighted by molar-refractivity contribution is 8.03. The minimum absolute atomic E-state index is 0.0191. The summed E-state index contributed by atoms with van der Waals surface area (Å²) in [4.78, 5) is 14.4. The molecule has 0 atom stereocenters. The van der Waals surface area contributed by atoms with Crippen LogP contribution < -0.4 is 14.7 Å². The Kier molecular flexibility index (Phi) is 10.2. The first-order chi connectivity index (χ1) is 17.9. The number of thiazole rings is 1. The molecule has 12 heteroatoms. The lowest BCUT2D eigenvalue weighted by Gasteiger charge is -2.20. The number of benzene rings is 2. The second-order valence-electron chi connectivity index (χ2n) is 8.08. The van der Waals surface area contributed by atoms with E-state index in [0.29, 0.717) is 28.9 Å². The van der Waals surface area contributed by atoms with E-state index in [1.54, 1.807) is 23.1 Å². The molecule has 196 valence electrons. The van der Waals surface area contributed by atoms with Gasteiger partial charge in [0.15, 0.2) is 6.54 Å². The third-order valence-corrected chi connectivity index (χ3v) is 8.95. The number of aromatic nitrogens is 1. The quantitative estimate of drug-likeness (QED) is 0.0833. The Bertz CT molecular complexity index is 1350. The molecule has 1 aromatic heterocycles. The molecule has 1 aliphatic heterocycles. The maximum atomic E-state index is 11.3. The van der Waals surface area contributed by atoms with Crippen LogP contribution in [0.25, 0.3) is 16.3 Å². The summed E-state index contributed by atoms with van der Waals surface area (Å²) in [6.45, 7) is 3.16. The van der Waals surface area contributed by atoms with Crippen LogP contribution in [0.1, 0.15) is 31.2 Å². The van der Waals surface area contributed by atoms with Crippen molar-refractivity contribution in [3.63, 3.8) is 0 Å². The standard InChI is InChI=1S/C25H24Cl2N2O5S3/c1-2-16(13-24-29(10-8-25(30)31)20-15-18(27)5-7-22(20)37-24)12-23-28(9-3-11-35-34-33-32)19-14-17(26)4-6-21(19)36-23/h4-7,12-15H,2-3,8-11H2,1H3,(H-,30,31,32). The molecule has 0 unspecified atom stereocenters. The van der Waals surface area contributed by atoms with Gasteiger partial charge >= 0.3 is 5.97 Å². The van der Waals surface area contributed by atoms with E-state index in [9.17, 15) is 15.2 Å². The number of halogens is 2. The first-order valence-corrected chi connectivity index (χ1v) is 14.8. The van der Waals surface area contributed by atoms with Crippen LogP contribution >= 0.6 is 58.3 Å². The molecule has 0 radical (unpaired) electrons. The number of thioether (sulfide) groups is 1. The Morgan fingerprint density at radius 1 is 1.24 bits per heavy atom. The van der Waals surface area contributed by atoms with Crippen molar-refractivity contribution in [3.05, 3.63) is 68.1 Å². The molecule has 2 aromatic carbocycles. The highest BCUT2D eigenvalue weighted by Crippen LogP contribution is 2.47. The van der Waals surface area contributed by atoms with Crippen molar-refractivity contribution in [2.24, 2.45) is 0 Å². The van der Waals surface area contributed by atoms with Gasteiger partial charge in [0, 0.05) is 57.8 Å². The highest BCUT2D eigenvalue weighted by Gasteiger charge is 2.26. The summed E-state index contributed by atoms with van der Waals surface area (Å²) in [5, 5.41) is 26.1. The number of rotatable bonds is 12. The second-order valence-corrected chi connectivity index (χ2v) is 11.9. The smallest absolute Gasteiger partial charge is 0.305 e. The first-order valence-electron chi connectivity index (χ1n) is 11.5. The first kappa shape index (κ1) is 28.3. The van der Waals surface area contributed by atoms with E-state index < -0.39 is 5.97 Å². The number of allylic oxidation sites excluding steroid dienone is 2. The van der Waals surface area contributed by atoms with Gasteiger partial charge in [-0.05, 0) is 48.4 Å². The number of anilines is 1. The molecule has 0 spiro atoms. The predicted octanol–water partition coefficient (Wildman–Crippen LogP) is 6.48. The Morgan fingerprint density at radius 3 is 2.78 bits per heavy atom. The van der Waals surface area contributed by atoms with Crippen molar-refractivity contribution >= 4 is 86.3 Å². The van der Waals surface area contributed by atoms with E-state index in [0.717, 1.165) is 61.3 Å². The number of aliphatic carboxylic acids is 1. The van der Waals surface area contributed by atoms with Crippen LogP contribution in [-0.4, -0.2) is 23.4 Å². The maximum absolute atomic E-state index is 11.3. The summed E-state index contributed by atoms with van der Waals surface area (Å²) < 4.78 is 7.72. The molecular formula is C25H24Cl2N2O5S3. The van der Waals surface area contributed by atoms with Crippen molar-refractivity contribution < 1.29 is 29.1 Å². The Morgan fingerprint density at radius 2 is 2.03 bits per heavy atom. The van der Waals surface area contributed by atoms with Crippen LogP contribution in [0.3, 0.4) is 0 Å². The molecule has 0 bridgehead atoms. The van der Waals surface area contributed by atoms with Crippen molar-refractivity contribution in [3.8, 4) is 0 Å². The lowest BCUT2D eigenvalue weighted by Crippen LogP contribution is -2.35. The zero-order valence-corrected chi connectivity index (χ0v) is 23.8. The van der Waals surface area contributed by atoms with Gasteiger partial charge in [-0.3, -0.25) is 9.83 Å². The molecule has 37 heavy (non-hydrogen) atoms. The van der Waals surface area contributed by atoms with Crippen molar-refractivity contribution in [1.29, 1.82) is 0 Å². The number of carboxylic acids is 1. The van der Waals surface area contributed by atoms with E-state index in [1.807, 2.05) is 41.3 Å². The normalized spacial score (nSPS) is 14.6. The van der Waals surface area contributed by atoms with Crippen molar-refractivity contribution in [1.82, 2.24) is 0 Å². The predicted molar refractivity (Wildman–Crippen MR) is 150 cm³/mol. The van der Waals surface area contributed by atoms with Gasteiger partial charge < -0.3 is 15.3 Å². The third kappa shape index (κ3) is 7.21. The maximum Gasteiger partial charge on any atom is 0.305 e. The summed E-state index contributed by atoms with van der Waals surface area (Å²) in [5.74, 6) is -0.252. The fourth-order valence-electron chi connectivity index (χ4n) is 3.93. The molecule has 0 saturated heterocycles. The van der Waals surface area contributed by atoms with Gasteiger partial charge in [-0.25, -0.2) is 0 Å². The lowest BCUT2D eigenvalue weighted by atomic mass is 10.2. The average Bonchev–Trinajstić information content (AvgIpc) is 3.38. The summed E-state index contributed by atoms with van der Waals surface area (Å²) in [5.41, 5.74) is 3.07. The Labute approximate surface area is 237 Å². The SMILES string of the molecule is CCC(/C=C1\Sc2ccc(Cl)cc2N1CCC(=O)O)=C\c1sc2ccc(Cl)cc2[n+]1CCCSOO[O-]. The molecule has 3 aromatic rings. The number of hydrogen-bond acceptors (Lipinski definition) is 8. The molecule has 0 saturated carbocycles. The van der Waals surface area contributed by atoms with Gasteiger partial charge in [0.05, 0.1) is 17.1 Å². The fourth-order valence-corrected chi connectivity index (χ4v) is 6.91. The molecule has 4 rings (SSSR count). The zero-order valence-electron chi connectivity index (χ0n) is 19.8. The number of nitrogens with zero attached hydrogens (tertiary/aromatic N) is 2. The average molecular weight is 600 g/mol. The van der Waals surface area contributed by atoms with Crippen LogP contribution in [0.5, 0.6) is 0 Å². The molecule has 2 heterocycles. The lowest BCUT2D eigenvalue weighted by molar-refractivity contribution is -0.777. The molecule has 0 fully saturated rings. The van der Waals surface area contributed by atoms with Crippen LogP contribution in [0.2, 0.25) is 10.0 Å². The fraction of sp³-hybridized carbons (Fsp3) is 0.280. The minimum Gasteiger partial charge on any atom is -0.691 e. The minimum atomic E-state index is -0.846. The van der Waals surface area contributed by atoms with E-state index in [-0.39, 0.29) is 6.42 Å². The molecule has 0 amide bonds. The zero-order chi connectivity index (χ0) is 26.4. The van der Waals surface area contributed by atoms with Gasteiger partial charge in [0.2, 0.25) is 5.52 Å². The second kappa shape index (κ2) is 13.3. The van der Waals surface area contributed by atoms with Gasteiger partial charge in [0.1, 0.15) is 4.70 Å². The van der Waals surface area contributed by atoms with E-state index >= 15 is 0 Å². The van der Waals surface area contributed by atoms with Crippen LogP contribution in [0.15, 0.2) is 58.0 Å². The van der Waals surface area contributed by atoms with Crippen LogP contribution in [0.4, 0.5) is 5.69 Å². The summed E-state index contributed by atoms with van der Waals surface area (Å²) in [6, 6.07) is 11.6. The van der Waals surface area contributed by atoms with Crippen LogP contribution in [0, 0.1) is 0 Å². The summed E-state index contributed by atoms with van der Waals surface area (Å²) in [7, 11) is 0. The van der Waals surface area contributed by atoms with Gasteiger partial charge in [-0.1, -0.05) is 53.2 Å². The molecule has 1 N–H and O–H groups in total. The number of hydrogen-bond donors (Lipinski definition) is 1. The van der Waals surface area contributed by atoms with Crippen molar-refractivity contribution in [2.45, 2.75) is 37.6 Å². The van der Waals surface area contributed by atoms with E-state index in [4.69, 9.17) is 23.2 Å². The Balaban J connectivity index is 1.68. The monoisotopic (exact) mass is 598 g/mol. The number of fused-ring (bicyclic) bond motifs is 2. The number of carbonyl (C=O) groups is 1. The largest absolute Gasteiger partial charge is 0.691 e. The summed E-state index contributed by atoms with van der Waals surface area (Å²) >= 11 is 16.8. The van der Waals surface area contributed by atoms with Crippen LogP contribution in [-0.2, 0) is 20.7 Å². The number of aryl methyl sites for hydroxylation is 1. The molecule has 0 aliphatic carbocycles. The van der Waals surface area contributed by atoms with E-state index in [1.165, 1.54) is 0 Å². The molecule has 7 nitrogen and oxygen atoms in total. The van der Waals surface area contributed by atoms with Gasteiger partial charge in [-0.15, -0.1) is 0 Å². The third-order valence-electron chi connectivity index (χ3n) is 5.65. The molecular weight excluding hydrogens is 575 g/mol.